The minimum atomic E-state index is -1.16. The van der Waals surface area contributed by atoms with Gasteiger partial charge in [0.2, 0.25) is 5.91 Å². The maximum absolute atomic E-state index is 12.5. The number of hydrogen-bond donors (Lipinski definition) is 1. The molecule has 2 aromatic rings. The SMILES string of the molecule is O=C(O)c1cn(CC(=O)N2CCCC2Cc2ccccc2Cl)nn1. The van der Waals surface area contributed by atoms with Gasteiger partial charge in [0.05, 0.1) is 6.20 Å². The van der Waals surface area contributed by atoms with Crippen molar-refractivity contribution in [1.29, 1.82) is 0 Å². The molecule has 1 fully saturated rings. The highest BCUT2D eigenvalue weighted by Crippen LogP contribution is 2.25. The fourth-order valence-electron chi connectivity index (χ4n) is 3.00. The minimum absolute atomic E-state index is 0.0146. The van der Waals surface area contributed by atoms with Gasteiger partial charge in [-0.1, -0.05) is 35.0 Å². The van der Waals surface area contributed by atoms with Gasteiger partial charge in [-0.25, -0.2) is 9.48 Å². The number of halogens is 1. The lowest BCUT2D eigenvalue weighted by Crippen LogP contribution is -2.39. The summed E-state index contributed by atoms with van der Waals surface area (Å²) in [5.41, 5.74) is 0.856. The van der Waals surface area contributed by atoms with E-state index in [1.165, 1.54) is 10.9 Å². The number of carbonyl (C=O) groups excluding carboxylic acids is 1. The standard InChI is InChI=1S/C16H17ClN4O3/c17-13-6-2-1-4-11(13)8-12-5-3-7-21(12)15(22)10-20-9-14(16(23)24)18-19-20/h1-2,4,6,9,12H,3,5,7-8,10H2,(H,23,24). The largest absolute Gasteiger partial charge is 0.476 e. The van der Waals surface area contributed by atoms with E-state index in [1.807, 2.05) is 29.2 Å². The highest BCUT2D eigenvalue weighted by Gasteiger charge is 2.29. The Morgan fingerprint density at radius 1 is 1.33 bits per heavy atom. The van der Waals surface area contributed by atoms with E-state index < -0.39 is 5.97 Å². The molecule has 7 nitrogen and oxygen atoms in total. The van der Waals surface area contributed by atoms with Crippen LogP contribution in [0.3, 0.4) is 0 Å². The number of carbonyl (C=O) groups is 2. The Hall–Kier alpha value is -2.41. The zero-order chi connectivity index (χ0) is 17.1. The number of carboxylic acids is 1. The van der Waals surface area contributed by atoms with Crippen LogP contribution in [0.5, 0.6) is 0 Å². The van der Waals surface area contributed by atoms with E-state index >= 15 is 0 Å². The summed E-state index contributed by atoms with van der Waals surface area (Å²) in [5, 5.41) is 16.8. The lowest BCUT2D eigenvalue weighted by molar-refractivity contribution is -0.132. The van der Waals surface area contributed by atoms with Gasteiger partial charge in [-0.2, -0.15) is 0 Å². The number of amides is 1. The molecule has 0 aliphatic carbocycles. The predicted molar refractivity (Wildman–Crippen MR) is 86.9 cm³/mol. The van der Waals surface area contributed by atoms with E-state index in [0.717, 1.165) is 18.4 Å². The molecule has 3 rings (SSSR count). The molecule has 1 atom stereocenters. The summed E-state index contributed by atoms with van der Waals surface area (Å²) >= 11 is 6.21. The van der Waals surface area contributed by atoms with E-state index in [1.54, 1.807) is 0 Å². The van der Waals surface area contributed by atoms with E-state index in [2.05, 4.69) is 10.3 Å². The zero-order valence-electron chi connectivity index (χ0n) is 12.9. The number of rotatable bonds is 5. The van der Waals surface area contributed by atoms with Crippen LogP contribution in [0.15, 0.2) is 30.5 Å². The number of carboxylic acid groups (broad SMARTS) is 1. The number of hydrogen-bond acceptors (Lipinski definition) is 4. The van der Waals surface area contributed by atoms with Crippen molar-refractivity contribution < 1.29 is 14.7 Å². The molecule has 0 saturated carbocycles. The van der Waals surface area contributed by atoms with Crippen molar-refractivity contribution in [3.8, 4) is 0 Å². The van der Waals surface area contributed by atoms with Crippen LogP contribution in [0, 0.1) is 0 Å². The van der Waals surface area contributed by atoms with Crippen LogP contribution in [-0.2, 0) is 17.8 Å². The molecule has 0 spiro atoms. The summed E-state index contributed by atoms with van der Waals surface area (Å²) in [6.07, 6.45) is 3.84. The third-order valence-corrected chi connectivity index (χ3v) is 4.53. The van der Waals surface area contributed by atoms with Gasteiger partial charge in [0, 0.05) is 17.6 Å². The third-order valence-electron chi connectivity index (χ3n) is 4.17. The van der Waals surface area contributed by atoms with Gasteiger partial charge in [0.15, 0.2) is 5.69 Å². The van der Waals surface area contributed by atoms with Crippen LogP contribution in [0.2, 0.25) is 5.02 Å². The molecule has 1 aromatic heterocycles. The molecule has 1 aromatic carbocycles. The lowest BCUT2D eigenvalue weighted by atomic mass is 10.0. The Balaban J connectivity index is 1.67. The number of aromatic carboxylic acids is 1. The molecular weight excluding hydrogens is 332 g/mol. The van der Waals surface area contributed by atoms with Crippen molar-refractivity contribution in [3.05, 3.63) is 46.7 Å². The molecule has 0 radical (unpaired) electrons. The molecule has 1 aliphatic heterocycles. The van der Waals surface area contributed by atoms with Crippen LogP contribution in [0.4, 0.5) is 0 Å². The van der Waals surface area contributed by atoms with Gasteiger partial charge in [0.25, 0.3) is 0 Å². The number of benzene rings is 1. The van der Waals surface area contributed by atoms with Crippen molar-refractivity contribution in [3.63, 3.8) is 0 Å². The second-order valence-electron chi connectivity index (χ2n) is 5.79. The van der Waals surface area contributed by atoms with E-state index in [4.69, 9.17) is 16.7 Å². The molecule has 2 heterocycles. The molecule has 126 valence electrons. The quantitative estimate of drug-likeness (QED) is 0.891. The van der Waals surface area contributed by atoms with Gasteiger partial charge in [0.1, 0.15) is 6.54 Å². The number of aromatic nitrogens is 3. The molecule has 1 N–H and O–H groups in total. The normalized spacial score (nSPS) is 17.2. The summed E-state index contributed by atoms with van der Waals surface area (Å²) < 4.78 is 1.26. The van der Waals surface area contributed by atoms with Gasteiger partial charge < -0.3 is 10.0 Å². The molecule has 1 amide bonds. The Bertz CT molecular complexity index is 761. The summed E-state index contributed by atoms with van der Waals surface area (Å²) in [7, 11) is 0. The van der Waals surface area contributed by atoms with Crippen LogP contribution >= 0.6 is 11.6 Å². The van der Waals surface area contributed by atoms with Crippen molar-refractivity contribution in [2.24, 2.45) is 0 Å². The average molecular weight is 349 g/mol. The van der Waals surface area contributed by atoms with Crippen molar-refractivity contribution >= 4 is 23.5 Å². The topological polar surface area (TPSA) is 88.3 Å². The first-order chi connectivity index (χ1) is 11.5. The third kappa shape index (κ3) is 3.56. The van der Waals surface area contributed by atoms with E-state index in [9.17, 15) is 9.59 Å². The van der Waals surface area contributed by atoms with Crippen LogP contribution in [0.25, 0.3) is 0 Å². The number of likely N-dealkylation sites (tertiary alicyclic amines) is 1. The first kappa shape index (κ1) is 16.4. The summed E-state index contributed by atoms with van der Waals surface area (Å²) in [6, 6.07) is 7.74. The zero-order valence-corrected chi connectivity index (χ0v) is 13.7. The molecule has 1 saturated heterocycles. The van der Waals surface area contributed by atoms with Gasteiger partial charge >= 0.3 is 5.97 Å². The summed E-state index contributed by atoms with van der Waals surface area (Å²) in [5.74, 6) is -1.25. The van der Waals surface area contributed by atoms with Crippen LogP contribution < -0.4 is 0 Å². The predicted octanol–water partition coefficient (Wildman–Crippen LogP) is 1.86. The van der Waals surface area contributed by atoms with Crippen LogP contribution in [-0.4, -0.2) is 49.5 Å². The molecule has 0 bridgehead atoms. The Labute approximate surface area is 143 Å². The minimum Gasteiger partial charge on any atom is -0.476 e. The van der Waals surface area contributed by atoms with Crippen LogP contribution in [0.1, 0.15) is 28.9 Å². The van der Waals surface area contributed by atoms with Gasteiger partial charge in [-0.05, 0) is 30.9 Å². The van der Waals surface area contributed by atoms with Gasteiger partial charge in [-0.15, -0.1) is 5.10 Å². The fourth-order valence-corrected chi connectivity index (χ4v) is 3.21. The molecule has 8 heteroatoms. The highest BCUT2D eigenvalue weighted by atomic mass is 35.5. The molecule has 1 aliphatic rings. The van der Waals surface area contributed by atoms with Crippen molar-refractivity contribution in [2.45, 2.75) is 31.8 Å². The second kappa shape index (κ2) is 7.00. The fraction of sp³-hybridized carbons (Fsp3) is 0.375. The maximum Gasteiger partial charge on any atom is 0.358 e. The number of nitrogens with zero attached hydrogens (tertiary/aromatic N) is 4. The van der Waals surface area contributed by atoms with Crippen molar-refractivity contribution in [2.75, 3.05) is 6.54 Å². The second-order valence-corrected chi connectivity index (χ2v) is 6.19. The highest BCUT2D eigenvalue weighted by molar-refractivity contribution is 6.31. The Kier molecular flexibility index (Phi) is 4.80. The van der Waals surface area contributed by atoms with E-state index in [0.29, 0.717) is 18.0 Å². The van der Waals surface area contributed by atoms with E-state index in [-0.39, 0.29) is 24.2 Å². The van der Waals surface area contributed by atoms with Gasteiger partial charge in [-0.3, -0.25) is 4.79 Å². The summed E-state index contributed by atoms with van der Waals surface area (Å²) in [4.78, 5) is 25.2. The Morgan fingerprint density at radius 2 is 2.12 bits per heavy atom. The monoisotopic (exact) mass is 348 g/mol. The maximum atomic E-state index is 12.5. The lowest BCUT2D eigenvalue weighted by Gasteiger charge is -2.25. The summed E-state index contributed by atoms with van der Waals surface area (Å²) in [6.45, 7) is 0.674. The Morgan fingerprint density at radius 3 is 2.83 bits per heavy atom. The molecule has 1 unspecified atom stereocenters. The first-order valence-corrected chi connectivity index (χ1v) is 8.08. The smallest absolute Gasteiger partial charge is 0.358 e. The average Bonchev–Trinajstić information content (AvgIpc) is 3.19. The first-order valence-electron chi connectivity index (χ1n) is 7.71. The van der Waals surface area contributed by atoms with Crippen molar-refractivity contribution in [1.82, 2.24) is 19.9 Å². The molecular formula is C16H17ClN4O3. The molecule has 24 heavy (non-hydrogen) atoms.